The van der Waals surface area contributed by atoms with Crippen LogP contribution in [-0.4, -0.2) is 9.97 Å². The van der Waals surface area contributed by atoms with E-state index in [-0.39, 0.29) is 0 Å². The monoisotopic (exact) mass is 359 g/mol. The lowest BCUT2D eigenvalue weighted by Gasteiger charge is -2.06. The van der Waals surface area contributed by atoms with Crippen LogP contribution in [0.5, 0.6) is 0 Å². The molecule has 0 aromatic carbocycles. The second kappa shape index (κ2) is 5.18. The van der Waals surface area contributed by atoms with Crippen molar-refractivity contribution in [1.29, 1.82) is 0 Å². The molecule has 0 atom stereocenters. The van der Waals surface area contributed by atoms with Gasteiger partial charge in [-0.05, 0) is 50.4 Å². The number of nitrogens with zero attached hydrogens (tertiary/aromatic N) is 2. The zero-order valence-corrected chi connectivity index (χ0v) is 12.4. The van der Waals surface area contributed by atoms with Crippen molar-refractivity contribution >= 4 is 37.7 Å². The third-order valence-corrected chi connectivity index (χ3v) is 3.52. The number of aryl methyl sites for hydroxylation is 1. The van der Waals surface area contributed by atoms with Crippen molar-refractivity contribution in [3.63, 3.8) is 0 Å². The highest BCUT2D eigenvalue weighted by atomic mass is 79.9. The van der Waals surface area contributed by atoms with E-state index in [1.807, 2.05) is 6.07 Å². The van der Waals surface area contributed by atoms with Crippen LogP contribution < -0.4 is 5.73 Å². The summed E-state index contributed by atoms with van der Waals surface area (Å²) in [5, 5.41) is 0. The first-order valence-electron chi connectivity index (χ1n) is 5.19. The Hall–Kier alpha value is -0.880. The summed E-state index contributed by atoms with van der Waals surface area (Å²) in [5.74, 6) is 1.55. The summed E-state index contributed by atoms with van der Waals surface area (Å²) in [6.07, 6.45) is 1.85. The summed E-state index contributed by atoms with van der Waals surface area (Å²) in [6, 6.07) is 3.61. The minimum atomic E-state index is 0.436. The van der Waals surface area contributed by atoms with Crippen LogP contribution in [0.25, 0.3) is 11.6 Å². The minimum Gasteiger partial charge on any atom is -0.446 e. The Morgan fingerprint density at radius 3 is 2.65 bits per heavy atom. The van der Waals surface area contributed by atoms with Gasteiger partial charge in [-0.15, -0.1) is 0 Å². The Balaban J connectivity index is 2.48. The Labute approximate surface area is 116 Å². The van der Waals surface area contributed by atoms with Gasteiger partial charge in [0.25, 0.3) is 0 Å². The van der Waals surface area contributed by atoms with E-state index in [0.717, 1.165) is 23.0 Å². The largest absolute Gasteiger partial charge is 0.446 e. The summed E-state index contributed by atoms with van der Waals surface area (Å²) in [7, 11) is 0. The first-order valence-corrected chi connectivity index (χ1v) is 6.78. The molecule has 0 spiro atoms. The van der Waals surface area contributed by atoms with Crippen molar-refractivity contribution in [3.05, 3.63) is 27.0 Å². The summed E-state index contributed by atoms with van der Waals surface area (Å²) in [4.78, 5) is 8.66. The maximum absolute atomic E-state index is 5.84. The number of halogens is 2. The fourth-order valence-corrected chi connectivity index (χ4v) is 2.14. The van der Waals surface area contributed by atoms with Gasteiger partial charge in [0.15, 0.2) is 16.3 Å². The van der Waals surface area contributed by atoms with Gasteiger partial charge in [-0.2, -0.15) is 0 Å². The Morgan fingerprint density at radius 1 is 1.29 bits per heavy atom. The molecule has 0 aliphatic rings. The summed E-state index contributed by atoms with van der Waals surface area (Å²) in [6.45, 7) is 2.09. The predicted octanol–water partition coefficient (Wildman–Crippen LogP) is 3.80. The van der Waals surface area contributed by atoms with E-state index in [1.54, 1.807) is 6.07 Å². The Bertz CT molecular complexity index is 540. The van der Waals surface area contributed by atoms with Gasteiger partial charge in [0.1, 0.15) is 5.82 Å². The zero-order chi connectivity index (χ0) is 12.4. The van der Waals surface area contributed by atoms with E-state index >= 15 is 0 Å². The first kappa shape index (κ1) is 12.6. The fourth-order valence-electron chi connectivity index (χ4n) is 1.46. The van der Waals surface area contributed by atoms with Crippen LogP contribution in [-0.2, 0) is 6.42 Å². The smallest absolute Gasteiger partial charge is 0.197 e. The molecule has 4 nitrogen and oxygen atoms in total. The quantitative estimate of drug-likeness (QED) is 0.904. The molecule has 0 fully saturated rings. The normalized spacial score (nSPS) is 10.8. The van der Waals surface area contributed by atoms with Gasteiger partial charge >= 0.3 is 0 Å². The number of hydrogen-bond donors (Lipinski definition) is 1. The van der Waals surface area contributed by atoms with Crippen LogP contribution >= 0.6 is 31.9 Å². The van der Waals surface area contributed by atoms with Crippen molar-refractivity contribution in [2.75, 3.05) is 5.73 Å². The van der Waals surface area contributed by atoms with Crippen molar-refractivity contribution < 1.29 is 4.42 Å². The van der Waals surface area contributed by atoms with Gasteiger partial charge in [0.05, 0.1) is 10.2 Å². The van der Waals surface area contributed by atoms with Crippen molar-refractivity contribution in [2.45, 2.75) is 19.8 Å². The molecular formula is C11H11Br2N3O. The van der Waals surface area contributed by atoms with Crippen molar-refractivity contribution in [3.8, 4) is 11.6 Å². The van der Waals surface area contributed by atoms with Gasteiger partial charge in [0, 0.05) is 0 Å². The van der Waals surface area contributed by atoms with E-state index < -0.39 is 0 Å². The molecule has 2 aromatic heterocycles. The minimum absolute atomic E-state index is 0.436. The average molecular weight is 361 g/mol. The van der Waals surface area contributed by atoms with E-state index in [0.29, 0.717) is 22.1 Å². The maximum atomic E-state index is 5.84. The van der Waals surface area contributed by atoms with Crippen molar-refractivity contribution in [1.82, 2.24) is 9.97 Å². The molecule has 0 saturated heterocycles. The number of nitrogens with two attached hydrogens (primary N) is 1. The first-order chi connectivity index (χ1) is 8.11. The van der Waals surface area contributed by atoms with Gasteiger partial charge in [-0.3, -0.25) is 0 Å². The zero-order valence-electron chi connectivity index (χ0n) is 9.20. The van der Waals surface area contributed by atoms with Gasteiger partial charge in [0.2, 0.25) is 0 Å². The van der Waals surface area contributed by atoms with E-state index in [1.165, 1.54) is 0 Å². The molecule has 2 N–H and O–H groups in total. The Morgan fingerprint density at radius 2 is 2.06 bits per heavy atom. The van der Waals surface area contributed by atoms with Crippen LogP contribution in [0.4, 0.5) is 5.82 Å². The summed E-state index contributed by atoms with van der Waals surface area (Å²) >= 11 is 6.65. The van der Waals surface area contributed by atoms with Crippen LogP contribution in [0.3, 0.4) is 0 Å². The SMILES string of the molecule is CCCc1nc(-c2ccc(Br)o2)nc(N)c1Br. The number of nitrogen functional groups attached to an aromatic ring is 1. The lowest BCUT2D eigenvalue weighted by Crippen LogP contribution is -2.02. The standard InChI is InChI=1S/C11H11Br2N3O/c1-2-3-6-9(13)10(14)16-11(15-6)7-4-5-8(12)17-7/h4-5H,2-3H2,1H3,(H2,14,15,16). The molecule has 0 aliphatic carbocycles. The van der Waals surface area contributed by atoms with E-state index in [2.05, 4.69) is 48.8 Å². The molecule has 2 aromatic rings. The number of furan rings is 1. The molecule has 17 heavy (non-hydrogen) atoms. The molecule has 2 heterocycles. The molecule has 0 radical (unpaired) electrons. The van der Waals surface area contributed by atoms with E-state index in [9.17, 15) is 0 Å². The molecule has 0 amide bonds. The number of aromatic nitrogens is 2. The fraction of sp³-hybridized carbons (Fsp3) is 0.273. The van der Waals surface area contributed by atoms with Crippen LogP contribution in [0.15, 0.2) is 25.7 Å². The van der Waals surface area contributed by atoms with Crippen LogP contribution in [0.2, 0.25) is 0 Å². The summed E-state index contributed by atoms with van der Waals surface area (Å²) in [5.41, 5.74) is 6.75. The highest BCUT2D eigenvalue weighted by molar-refractivity contribution is 9.10. The molecule has 0 bridgehead atoms. The predicted molar refractivity (Wildman–Crippen MR) is 73.5 cm³/mol. The summed E-state index contributed by atoms with van der Waals surface area (Å²) < 4.78 is 6.84. The van der Waals surface area contributed by atoms with Gasteiger partial charge in [-0.1, -0.05) is 13.3 Å². The molecule has 90 valence electrons. The number of hydrogen-bond acceptors (Lipinski definition) is 4. The highest BCUT2D eigenvalue weighted by Crippen LogP contribution is 2.28. The van der Waals surface area contributed by atoms with Crippen molar-refractivity contribution in [2.24, 2.45) is 0 Å². The molecule has 0 saturated carbocycles. The third kappa shape index (κ3) is 2.69. The van der Waals surface area contributed by atoms with E-state index in [4.69, 9.17) is 10.2 Å². The molecular weight excluding hydrogens is 350 g/mol. The number of rotatable bonds is 3. The third-order valence-electron chi connectivity index (χ3n) is 2.23. The molecule has 2 rings (SSSR count). The lowest BCUT2D eigenvalue weighted by atomic mass is 10.2. The molecule has 0 unspecified atom stereocenters. The second-order valence-corrected chi connectivity index (χ2v) is 5.12. The average Bonchev–Trinajstić information content (AvgIpc) is 2.71. The molecule has 6 heteroatoms. The maximum Gasteiger partial charge on any atom is 0.197 e. The Kier molecular flexibility index (Phi) is 3.83. The topological polar surface area (TPSA) is 64.9 Å². The lowest BCUT2D eigenvalue weighted by molar-refractivity contribution is 0.551. The van der Waals surface area contributed by atoms with Crippen LogP contribution in [0, 0.1) is 0 Å². The highest BCUT2D eigenvalue weighted by Gasteiger charge is 2.13. The molecule has 0 aliphatic heterocycles. The van der Waals surface area contributed by atoms with Gasteiger partial charge < -0.3 is 10.2 Å². The van der Waals surface area contributed by atoms with Crippen LogP contribution in [0.1, 0.15) is 19.0 Å². The van der Waals surface area contributed by atoms with Gasteiger partial charge in [-0.25, -0.2) is 9.97 Å². The number of anilines is 1. The second-order valence-electron chi connectivity index (χ2n) is 3.55.